The number of pyridine rings is 1. The van der Waals surface area contributed by atoms with Crippen LogP contribution in [0.1, 0.15) is 44.2 Å². The molecule has 0 aliphatic rings. The Hall–Kier alpha value is -1.61. The summed E-state index contributed by atoms with van der Waals surface area (Å²) < 4.78 is 1.95. The molecule has 19 heavy (non-hydrogen) atoms. The van der Waals surface area contributed by atoms with Crippen molar-refractivity contribution in [2.45, 2.75) is 38.6 Å². The zero-order chi connectivity index (χ0) is 13.5. The third kappa shape index (κ3) is 3.44. The first kappa shape index (κ1) is 13.8. The molecule has 0 saturated carbocycles. The number of fused-ring (bicyclic) bond motifs is 1. The fourth-order valence-corrected chi connectivity index (χ4v) is 2.38. The van der Waals surface area contributed by atoms with Gasteiger partial charge in [-0.25, -0.2) is 4.52 Å². The van der Waals surface area contributed by atoms with Gasteiger partial charge in [0, 0.05) is 17.8 Å². The van der Waals surface area contributed by atoms with Gasteiger partial charge in [0.15, 0.2) is 0 Å². The predicted molar refractivity (Wildman–Crippen MR) is 80.3 cm³/mol. The molecule has 0 aliphatic heterocycles. The summed E-state index contributed by atoms with van der Waals surface area (Å²) in [6, 6.07) is 6.60. The van der Waals surface area contributed by atoms with Crippen molar-refractivity contribution in [3.8, 4) is 0 Å². The van der Waals surface area contributed by atoms with Crippen LogP contribution < -0.4 is 5.32 Å². The minimum Gasteiger partial charge on any atom is -0.310 e. The maximum Gasteiger partial charge on any atom is 0.0709 e. The fraction of sp³-hybridized carbons (Fsp3) is 0.438. The highest BCUT2D eigenvalue weighted by atomic mass is 15.2. The molecule has 0 spiro atoms. The second-order valence-corrected chi connectivity index (χ2v) is 4.86. The monoisotopic (exact) mass is 257 g/mol. The number of allylic oxidation sites excluding steroid dienone is 1. The number of aromatic nitrogens is 2. The first-order chi connectivity index (χ1) is 9.36. The Morgan fingerprint density at radius 3 is 3.16 bits per heavy atom. The minimum absolute atomic E-state index is 0.389. The van der Waals surface area contributed by atoms with Crippen molar-refractivity contribution in [2.75, 3.05) is 6.54 Å². The Labute approximate surface area is 115 Å². The van der Waals surface area contributed by atoms with Gasteiger partial charge in [-0.2, -0.15) is 5.10 Å². The van der Waals surface area contributed by atoms with Crippen LogP contribution in [0.15, 0.2) is 43.2 Å². The molecule has 0 saturated heterocycles. The Kier molecular flexibility index (Phi) is 5.16. The summed E-state index contributed by atoms with van der Waals surface area (Å²) in [6.07, 6.45) is 10.5. The summed E-state index contributed by atoms with van der Waals surface area (Å²) in [5.74, 6) is 0. The lowest BCUT2D eigenvalue weighted by atomic mass is 10.0. The van der Waals surface area contributed by atoms with Gasteiger partial charge in [0.1, 0.15) is 0 Å². The van der Waals surface area contributed by atoms with Crippen molar-refractivity contribution in [1.29, 1.82) is 0 Å². The quantitative estimate of drug-likeness (QED) is 0.576. The number of rotatable bonds is 8. The van der Waals surface area contributed by atoms with Crippen molar-refractivity contribution >= 4 is 5.52 Å². The maximum absolute atomic E-state index is 4.43. The smallest absolute Gasteiger partial charge is 0.0709 e. The van der Waals surface area contributed by atoms with Gasteiger partial charge in [-0.05, 0) is 44.4 Å². The molecule has 1 atom stereocenters. The molecule has 0 aliphatic carbocycles. The number of nitrogens with one attached hydrogen (secondary N) is 1. The number of unbranched alkanes of at least 4 members (excludes halogenated alkanes) is 1. The van der Waals surface area contributed by atoms with Gasteiger partial charge in [-0.1, -0.05) is 19.1 Å². The van der Waals surface area contributed by atoms with Crippen LogP contribution in [-0.2, 0) is 0 Å². The van der Waals surface area contributed by atoms with Gasteiger partial charge in [0.2, 0.25) is 0 Å². The third-order valence-corrected chi connectivity index (χ3v) is 3.37. The molecule has 3 nitrogen and oxygen atoms in total. The zero-order valence-electron chi connectivity index (χ0n) is 11.7. The van der Waals surface area contributed by atoms with E-state index >= 15 is 0 Å². The van der Waals surface area contributed by atoms with E-state index < -0.39 is 0 Å². The van der Waals surface area contributed by atoms with Gasteiger partial charge in [-0.15, -0.1) is 6.58 Å². The SMILES string of the molecule is C=CCCCC(NCCC)c1cnn2ccccc12. The van der Waals surface area contributed by atoms with Crippen molar-refractivity contribution in [3.63, 3.8) is 0 Å². The van der Waals surface area contributed by atoms with Gasteiger partial charge in [0.05, 0.1) is 11.7 Å². The average molecular weight is 257 g/mol. The molecule has 102 valence electrons. The van der Waals surface area contributed by atoms with Crippen LogP contribution >= 0.6 is 0 Å². The molecule has 3 heteroatoms. The Balaban J connectivity index is 2.18. The molecule has 2 aromatic heterocycles. The molecule has 2 heterocycles. The summed E-state index contributed by atoms with van der Waals surface area (Å²) in [4.78, 5) is 0. The normalized spacial score (nSPS) is 12.7. The lowest BCUT2D eigenvalue weighted by molar-refractivity contribution is 0.489. The summed E-state index contributed by atoms with van der Waals surface area (Å²) in [5, 5.41) is 8.07. The predicted octanol–water partition coefficient (Wildman–Crippen LogP) is 3.73. The first-order valence-electron chi connectivity index (χ1n) is 7.13. The lowest BCUT2D eigenvalue weighted by Gasteiger charge is -2.17. The highest BCUT2D eigenvalue weighted by Gasteiger charge is 2.14. The lowest BCUT2D eigenvalue weighted by Crippen LogP contribution is -2.22. The summed E-state index contributed by atoms with van der Waals surface area (Å²) in [6.45, 7) is 7.04. The molecule has 0 radical (unpaired) electrons. The maximum atomic E-state index is 4.43. The number of nitrogens with zero attached hydrogens (tertiary/aromatic N) is 2. The zero-order valence-corrected chi connectivity index (χ0v) is 11.7. The van der Waals surface area contributed by atoms with E-state index in [2.05, 4.69) is 36.1 Å². The van der Waals surface area contributed by atoms with Crippen LogP contribution in [-0.4, -0.2) is 16.2 Å². The van der Waals surface area contributed by atoms with E-state index in [1.54, 1.807) is 0 Å². The van der Waals surface area contributed by atoms with Crippen LogP contribution in [0, 0.1) is 0 Å². The highest BCUT2D eigenvalue weighted by Crippen LogP contribution is 2.23. The molecule has 0 bridgehead atoms. The molecular weight excluding hydrogens is 234 g/mol. The van der Waals surface area contributed by atoms with E-state index in [0.29, 0.717) is 6.04 Å². The van der Waals surface area contributed by atoms with Gasteiger partial charge in [-0.3, -0.25) is 0 Å². The van der Waals surface area contributed by atoms with Gasteiger partial charge >= 0.3 is 0 Å². The fourth-order valence-electron chi connectivity index (χ4n) is 2.38. The first-order valence-corrected chi connectivity index (χ1v) is 7.13. The average Bonchev–Trinajstić information content (AvgIpc) is 2.87. The van der Waals surface area contributed by atoms with Crippen LogP contribution in [0.4, 0.5) is 0 Å². The standard InChI is InChI=1S/C16H23N3/c1-3-5-6-9-15(17-11-4-2)14-13-18-19-12-8-7-10-16(14)19/h3,7-8,10,12-13,15,17H,1,4-6,9,11H2,2H3. The van der Waals surface area contributed by atoms with Gasteiger partial charge in [0.25, 0.3) is 0 Å². The van der Waals surface area contributed by atoms with E-state index in [4.69, 9.17) is 0 Å². The molecule has 0 amide bonds. The molecule has 1 N–H and O–H groups in total. The van der Waals surface area contributed by atoms with Crippen molar-refractivity contribution in [3.05, 3.63) is 48.8 Å². The number of hydrogen-bond acceptors (Lipinski definition) is 2. The van der Waals surface area contributed by atoms with Crippen LogP contribution in [0.25, 0.3) is 5.52 Å². The van der Waals surface area contributed by atoms with Crippen LogP contribution in [0.2, 0.25) is 0 Å². The molecular formula is C16H23N3. The second-order valence-electron chi connectivity index (χ2n) is 4.86. The van der Waals surface area contributed by atoms with E-state index in [0.717, 1.165) is 32.2 Å². The van der Waals surface area contributed by atoms with Crippen molar-refractivity contribution < 1.29 is 0 Å². The third-order valence-electron chi connectivity index (χ3n) is 3.37. The summed E-state index contributed by atoms with van der Waals surface area (Å²) in [7, 11) is 0. The van der Waals surface area contributed by atoms with Crippen LogP contribution in [0.3, 0.4) is 0 Å². The second kappa shape index (κ2) is 7.10. The molecule has 2 rings (SSSR count). The van der Waals surface area contributed by atoms with E-state index in [1.165, 1.54) is 11.1 Å². The number of hydrogen-bond donors (Lipinski definition) is 1. The van der Waals surface area contributed by atoms with E-state index in [1.807, 2.05) is 29.1 Å². The summed E-state index contributed by atoms with van der Waals surface area (Å²) >= 11 is 0. The molecule has 2 aromatic rings. The molecule has 1 unspecified atom stereocenters. The summed E-state index contributed by atoms with van der Waals surface area (Å²) in [5.41, 5.74) is 2.51. The Morgan fingerprint density at radius 2 is 2.37 bits per heavy atom. The van der Waals surface area contributed by atoms with E-state index in [-0.39, 0.29) is 0 Å². The Morgan fingerprint density at radius 1 is 1.47 bits per heavy atom. The molecule has 0 aromatic carbocycles. The topological polar surface area (TPSA) is 29.3 Å². The van der Waals surface area contributed by atoms with Crippen molar-refractivity contribution in [1.82, 2.24) is 14.9 Å². The van der Waals surface area contributed by atoms with Gasteiger partial charge < -0.3 is 5.32 Å². The highest BCUT2D eigenvalue weighted by molar-refractivity contribution is 5.54. The molecule has 0 fully saturated rings. The van der Waals surface area contributed by atoms with E-state index in [9.17, 15) is 0 Å². The Bertz CT molecular complexity index is 515. The van der Waals surface area contributed by atoms with Crippen molar-refractivity contribution in [2.24, 2.45) is 0 Å². The minimum atomic E-state index is 0.389. The largest absolute Gasteiger partial charge is 0.310 e. The van der Waals surface area contributed by atoms with Crippen LogP contribution in [0.5, 0.6) is 0 Å².